The first-order valence-corrected chi connectivity index (χ1v) is 7.38. The fourth-order valence-corrected chi connectivity index (χ4v) is 2.38. The first kappa shape index (κ1) is 15.6. The molecule has 1 heterocycles. The van der Waals surface area contributed by atoms with Gasteiger partial charge in [-0.05, 0) is 35.4 Å². The van der Waals surface area contributed by atoms with Crippen LogP contribution in [-0.2, 0) is 12.8 Å². The zero-order valence-electron chi connectivity index (χ0n) is 12.7. The summed E-state index contributed by atoms with van der Waals surface area (Å²) in [6.07, 6.45) is 0.552. The fraction of sp³-hybridized carbons (Fsp3) is 0.111. The molecule has 6 heteroatoms. The Balaban J connectivity index is 1.84. The van der Waals surface area contributed by atoms with Crippen LogP contribution in [0.25, 0.3) is 0 Å². The third kappa shape index (κ3) is 3.55. The minimum Gasteiger partial charge on any atom is -0.508 e. The van der Waals surface area contributed by atoms with E-state index < -0.39 is 0 Å². The van der Waals surface area contributed by atoms with E-state index in [-0.39, 0.29) is 35.1 Å². The molecule has 0 aliphatic heterocycles. The quantitative estimate of drug-likeness (QED) is 0.588. The number of benzene rings is 2. The van der Waals surface area contributed by atoms with Crippen molar-refractivity contribution in [2.45, 2.75) is 12.8 Å². The van der Waals surface area contributed by atoms with E-state index in [2.05, 4.69) is 9.97 Å². The van der Waals surface area contributed by atoms with E-state index in [4.69, 9.17) is 0 Å². The third-order valence-electron chi connectivity index (χ3n) is 3.66. The molecule has 0 aliphatic carbocycles. The molecule has 0 spiro atoms. The Kier molecular flexibility index (Phi) is 4.20. The number of nitrogens with one attached hydrogen (secondary N) is 1. The SMILES string of the molecule is O=c1[nH]c(Cc2ccc(O)cc2)c(O)nc1Cc1ccc(O)cc1. The average molecular weight is 324 g/mol. The van der Waals surface area contributed by atoms with Crippen LogP contribution >= 0.6 is 0 Å². The lowest BCUT2D eigenvalue weighted by Gasteiger charge is -2.07. The van der Waals surface area contributed by atoms with E-state index in [0.717, 1.165) is 11.1 Å². The van der Waals surface area contributed by atoms with Gasteiger partial charge in [0.2, 0.25) is 5.88 Å². The highest BCUT2D eigenvalue weighted by Gasteiger charge is 2.11. The maximum atomic E-state index is 12.2. The van der Waals surface area contributed by atoms with Crippen molar-refractivity contribution in [3.05, 3.63) is 81.4 Å². The average Bonchev–Trinajstić information content (AvgIpc) is 2.56. The monoisotopic (exact) mass is 324 g/mol. The van der Waals surface area contributed by atoms with Crippen LogP contribution in [0.4, 0.5) is 0 Å². The summed E-state index contributed by atoms with van der Waals surface area (Å²) in [6.45, 7) is 0. The Morgan fingerprint density at radius 3 is 1.83 bits per heavy atom. The number of aromatic hydroxyl groups is 3. The van der Waals surface area contributed by atoms with Crippen molar-refractivity contribution in [3.8, 4) is 17.4 Å². The van der Waals surface area contributed by atoms with Crippen molar-refractivity contribution in [1.29, 1.82) is 0 Å². The van der Waals surface area contributed by atoms with Crippen LogP contribution in [0.2, 0.25) is 0 Å². The molecule has 0 atom stereocenters. The van der Waals surface area contributed by atoms with Gasteiger partial charge < -0.3 is 20.3 Å². The lowest BCUT2D eigenvalue weighted by Crippen LogP contribution is -2.18. The lowest BCUT2D eigenvalue weighted by atomic mass is 10.1. The molecule has 6 nitrogen and oxygen atoms in total. The Labute approximate surface area is 137 Å². The molecular weight excluding hydrogens is 308 g/mol. The summed E-state index contributed by atoms with van der Waals surface area (Å²) in [6, 6.07) is 12.9. The van der Waals surface area contributed by atoms with Crippen LogP contribution in [-0.4, -0.2) is 25.3 Å². The van der Waals surface area contributed by atoms with Crippen LogP contribution in [0.1, 0.15) is 22.5 Å². The summed E-state index contributed by atoms with van der Waals surface area (Å²) in [7, 11) is 0. The molecule has 24 heavy (non-hydrogen) atoms. The van der Waals surface area contributed by atoms with E-state index in [1.54, 1.807) is 24.3 Å². The van der Waals surface area contributed by atoms with Crippen molar-refractivity contribution < 1.29 is 15.3 Å². The molecule has 0 saturated carbocycles. The highest BCUT2D eigenvalue weighted by Crippen LogP contribution is 2.18. The van der Waals surface area contributed by atoms with Gasteiger partial charge in [0, 0.05) is 12.8 Å². The number of aromatic amines is 1. The largest absolute Gasteiger partial charge is 0.508 e. The second-order valence-electron chi connectivity index (χ2n) is 5.50. The Hall–Kier alpha value is -3.28. The van der Waals surface area contributed by atoms with E-state index in [1.165, 1.54) is 24.3 Å². The van der Waals surface area contributed by atoms with Crippen LogP contribution in [0.15, 0.2) is 53.3 Å². The predicted octanol–water partition coefficient (Wildman–Crippen LogP) is 2.07. The van der Waals surface area contributed by atoms with Gasteiger partial charge >= 0.3 is 0 Å². The van der Waals surface area contributed by atoms with Crippen LogP contribution in [0.3, 0.4) is 0 Å². The normalized spacial score (nSPS) is 10.7. The minimum absolute atomic E-state index is 0.146. The number of hydrogen-bond donors (Lipinski definition) is 4. The van der Waals surface area contributed by atoms with E-state index in [0.29, 0.717) is 12.1 Å². The second kappa shape index (κ2) is 6.45. The number of aromatic nitrogens is 2. The van der Waals surface area contributed by atoms with E-state index in [1.807, 2.05) is 0 Å². The molecule has 4 N–H and O–H groups in total. The Morgan fingerprint density at radius 2 is 1.29 bits per heavy atom. The molecule has 3 rings (SSSR count). The van der Waals surface area contributed by atoms with Crippen molar-refractivity contribution in [1.82, 2.24) is 9.97 Å². The molecule has 0 aliphatic rings. The first-order valence-electron chi connectivity index (χ1n) is 7.38. The number of rotatable bonds is 4. The van der Waals surface area contributed by atoms with Gasteiger partial charge in [-0.3, -0.25) is 4.79 Å². The molecular formula is C18H16N2O4. The van der Waals surface area contributed by atoms with E-state index >= 15 is 0 Å². The van der Waals surface area contributed by atoms with Crippen molar-refractivity contribution in [2.75, 3.05) is 0 Å². The molecule has 0 unspecified atom stereocenters. The fourth-order valence-electron chi connectivity index (χ4n) is 2.38. The molecule has 0 amide bonds. The zero-order valence-corrected chi connectivity index (χ0v) is 12.7. The smallest absolute Gasteiger partial charge is 0.270 e. The first-order chi connectivity index (χ1) is 11.5. The highest BCUT2D eigenvalue weighted by molar-refractivity contribution is 5.33. The van der Waals surface area contributed by atoms with Gasteiger partial charge in [-0.25, -0.2) is 4.98 Å². The number of phenolic OH excluding ortho intramolecular Hbond substituents is 2. The molecule has 0 saturated heterocycles. The van der Waals surface area contributed by atoms with Crippen molar-refractivity contribution in [2.24, 2.45) is 0 Å². The topological polar surface area (TPSA) is 106 Å². The minimum atomic E-state index is -0.366. The zero-order chi connectivity index (χ0) is 17.1. The summed E-state index contributed by atoms with van der Waals surface area (Å²) >= 11 is 0. The van der Waals surface area contributed by atoms with Crippen LogP contribution in [0, 0.1) is 0 Å². The summed E-state index contributed by atoms with van der Waals surface area (Å²) in [5.41, 5.74) is 1.78. The van der Waals surface area contributed by atoms with Gasteiger partial charge in [-0.15, -0.1) is 0 Å². The van der Waals surface area contributed by atoms with Crippen LogP contribution in [0.5, 0.6) is 17.4 Å². The number of phenols is 2. The van der Waals surface area contributed by atoms with Crippen LogP contribution < -0.4 is 5.56 Å². The third-order valence-corrected chi connectivity index (χ3v) is 3.66. The standard InChI is InChI=1S/C18H16N2O4/c21-13-5-1-11(2-6-13)9-15-17(23)20-16(18(24)19-15)10-12-3-7-14(22)8-4-12/h1-8,21-22H,9-10H2,(H,19,24)(H,20,23). The van der Waals surface area contributed by atoms with Gasteiger partial charge in [0.15, 0.2) is 0 Å². The van der Waals surface area contributed by atoms with Gasteiger partial charge in [0.1, 0.15) is 17.2 Å². The van der Waals surface area contributed by atoms with Gasteiger partial charge in [-0.2, -0.15) is 0 Å². The molecule has 0 bridgehead atoms. The number of nitrogens with zero attached hydrogens (tertiary/aromatic N) is 1. The number of hydrogen-bond acceptors (Lipinski definition) is 5. The highest BCUT2D eigenvalue weighted by atomic mass is 16.3. The van der Waals surface area contributed by atoms with Gasteiger partial charge in [-0.1, -0.05) is 24.3 Å². The maximum absolute atomic E-state index is 12.2. The van der Waals surface area contributed by atoms with Gasteiger partial charge in [0.05, 0.1) is 5.69 Å². The maximum Gasteiger partial charge on any atom is 0.270 e. The Morgan fingerprint density at radius 1 is 0.792 bits per heavy atom. The molecule has 0 fully saturated rings. The Bertz CT molecular complexity index is 900. The summed E-state index contributed by atoms with van der Waals surface area (Å²) < 4.78 is 0. The lowest BCUT2D eigenvalue weighted by molar-refractivity contribution is 0.439. The molecule has 122 valence electrons. The second-order valence-corrected chi connectivity index (χ2v) is 5.50. The van der Waals surface area contributed by atoms with E-state index in [9.17, 15) is 20.1 Å². The summed E-state index contributed by atoms with van der Waals surface area (Å²) in [5, 5.41) is 28.6. The molecule has 0 radical (unpaired) electrons. The van der Waals surface area contributed by atoms with Crippen molar-refractivity contribution >= 4 is 0 Å². The van der Waals surface area contributed by atoms with Gasteiger partial charge in [0.25, 0.3) is 5.56 Å². The molecule has 1 aromatic heterocycles. The van der Waals surface area contributed by atoms with Crippen molar-refractivity contribution in [3.63, 3.8) is 0 Å². The molecule has 3 aromatic rings. The number of H-pyrrole nitrogens is 1. The summed E-state index contributed by atoms with van der Waals surface area (Å²) in [4.78, 5) is 18.9. The molecule has 2 aromatic carbocycles. The summed E-state index contributed by atoms with van der Waals surface area (Å²) in [5.74, 6) is 0.0722. The predicted molar refractivity (Wildman–Crippen MR) is 88.3 cm³/mol.